The topological polar surface area (TPSA) is 87.3 Å². The molecule has 2 N–H and O–H groups in total. The molecule has 0 aliphatic carbocycles. The van der Waals surface area contributed by atoms with Crippen LogP contribution in [0.4, 0.5) is 4.79 Å². The van der Waals surface area contributed by atoms with E-state index in [1.807, 2.05) is 18.7 Å². The molecule has 2 aliphatic heterocycles. The Morgan fingerprint density at radius 2 is 2.00 bits per heavy atom. The first-order chi connectivity index (χ1) is 16.5. The minimum atomic E-state index is -0.620. The smallest absolute Gasteiger partial charge is 0.407 e. The van der Waals surface area contributed by atoms with Crippen LogP contribution >= 0.6 is 11.8 Å². The number of ether oxygens (including phenoxy) is 1. The van der Waals surface area contributed by atoms with Gasteiger partial charge in [0.1, 0.15) is 11.9 Å². The van der Waals surface area contributed by atoms with Gasteiger partial charge in [0.15, 0.2) is 0 Å². The van der Waals surface area contributed by atoms with Crippen molar-refractivity contribution >= 4 is 34.8 Å². The van der Waals surface area contributed by atoms with Gasteiger partial charge in [0.25, 0.3) is 0 Å². The van der Waals surface area contributed by atoms with Crippen molar-refractivity contribution in [2.24, 2.45) is 5.92 Å². The molecule has 8 heteroatoms. The molecule has 1 aromatic heterocycles. The van der Waals surface area contributed by atoms with Crippen molar-refractivity contribution in [3.63, 3.8) is 0 Å². The molecule has 2 aliphatic rings. The average Bonchev–Trinajstić information content (AvgIpc) is 3.50. The molecule has 0 spiro atoms. The average molecular weight is 487 g/mol. The number of aromatic amines is 1. The van der Waals surface area contributed by atoms with Crippen molar-refractivity contribution in [1.82, 2.24) is 20.2 Å². The summed E-state index contributed by atoms with van der Waals surface area (Å²) in [6.07, 6.45) is 7.77. The Hall–Kier alpha value is -2.22. The van der Waals surface area contributed by atoms with Crippen LogP contribution in [0, 0.1) is 5.92 Å². The molecule has 2 amide bonds. The highest BCUT2D eigenvalue weighted by atomic mass is 32.2. The van der Waals surface area contributed by atoms with Crippen LogP contribution in [0.3, 0.4) is 0 Å². The monoisotopic (exact) mass is 486 g/mol. The lowest BCUT2D eigenvalue weighted by Gasteiger charge is -2.29. The normalized spacial score (nSPS) is 22.8. The van der Waals surface area contributed by atoms with Crippen molar-refractivity contribution in [2.45, 2.75) is 76.8 Å². The zero-order chi connectivity index (χ0) is 24.1. The highest BCUT2D eigenvalue weighted by Gasteiger charge is 2.37. The highest BCUT2D eigenvalue weighted by molar-refractivity contribution is 7.99. The molecule has 1 aromatic carbocycles. The van der Waals surface area contributed by atoms with Gasteiger partial charge in [-0.15, -0.1) is 0 Å². The second-order valence-electron chi connectivity index (χ2n) is 9.92. The number of imidazole rings is 1. The van der Waals surface area contributed by atoms with Crippen molar-refractivity contribution in [2.75, 3.05) is 25.2 Å². The summed E-state index contributed by atoms with van der Waals surface area (Å²) in [7, 11) is 1.31. The van der Waals surface area contributed by atoms with E-state index in [0.29, 0.717) is 12.5 Å². The van der Waals surface area contributed by atoms with E-state index in [0.717, 1.165) is 29.7 Å². The van der Waals surface area contributed by atoms with Crippen molar-refractivity contribution < 1.29 is 14.3 Å². The van der Waals surface area contributed by atoms with Crippen molar-refractivity contribution in [3.8, 4) is 0 Å². The largest absolute Gasteiger partial charge is 0.453 e. The fraction of sp³-hybridized carbons (Fsp3) is 0.654. The number of hydrogen-bond acceptors (Lipinski definition) is 5. The van der Waals surface area contributed by atoms with Crippen LogP contribution in [0.5, 0.6) is 0 Å². The number of amides is 2. The molecular weight excluding hydrogens is 448 g/mol. The van der Waals surface area contributed by atoms with Gasteiger partial charge in [0, 0.05) is 12.3 Å². The maximum Gasteiger partial charge on any atom is 0.407 e. The molecular formula is C26H38N4O3S. The Morgan fingerprint density at radius 1 is 1.18 bits per heavy atom. The number of nitrogens with zero attached hydrogens (tertiary/aromatic N) is 2. The van der Waals surface area contributed by atoms with E-state index in [-0.39, 0.29) is 17.9 Å². The summed E-state index contributed by atoms with van der Waals surface area (Å²) < 4.78 is 4.74. The van der Waals surface area contributed by atoms with E-state index in [1.54, 1.807) is 0 Å². The highest BCUT2D eigenvalue weighted by Crippen LogP contribution is 2.34. The Labute approximate surface area is 206 Å². The lowest BCUT2D eigenvalue weighted by molar-refractivity contribution is -0.135. The minimum absolute atomic E-state index is 0.0445. The predicted octanol–water partition coefficient (Wildman–Crippen LogP) is 5.39. The Balaban J connectivity index is 1.54. The van der Waals surface area contributed by atoms with Crippen molar-refractivity contribution in [3.05, 3.63) is 29.6 Å². The molecule has 1 unspecified atom stereocenters. The number of methoxy groups -OCH3 is 1. The number of nitrogens with one attached hydrogen (secondary N) is 2. The zero-order valence-corrected chi connectivity index (χ0v) is 21.5. The summed E-state index contributed by atoms with van der Waals surface area (Å²) in [6, 6.07) is 5.90. The van der Waals surface area contributed by atoms with Gasteiger partial charge in [-0.25, -0.2) is 9.78 Å². The van der Waals surface area contributed by atoms with Gasteiger partial charge in [-0.05, 0) is 61.0 Å². The number of alkyl carbamates (subject to hydrolysis) is 1. The number of fused-ring (bicyclic) bond motifs is 1. The van der Waals surface area contributed by atoms with Crippen LogP contribution in [0.2, 0.25) is 0 Å². The maximum atomic E-state index is 13.4. The Kier molecular flexibility index (Phi) is 8.40. The van der Waals surface area contributed by atoms with E-state index in [4.69, 9.17) is 9.72 Å². The van der Waals surface area contributed by atoms with Crippen LogP contribution in [0.25, 0.3) is 11.0 Å². The summed E-state index contributed by atoms with van der Waals surface area (Å²) in [5.74, 6) is 3.74. The third-order valence-corrected chi connectivity index (χ3v) is 8.36. The first kappa shape index (κ1) is 24.9. The van der Waals surface area contributed by atoms with Gasteiger partial charge in [-0.2, -0.15) is 11.8 Å². The molecule has 3 heterocycles. The third-order valence-electron chi connectivity index (χ3n) is 7.15. The summed E-state index contributed by atoms with van der Waals surface area (Å²) in [6.45, 7) is 4.53. The number of rotatable bonds is 5. The standard InChI is InChI=1S/C26H38N4O3S/c1-17(2)23(29-26(32)33-3)25(31)30-13-8-10-22(30)24-27-20-12-11-18(15-21(20)28-24)19-9-6-4-5-7-14-34-16-19/h11-12,15,17,19,22-23H,4-10,13-14,16H2,1-3H3,(H,27,28)(H,29,32)/t19?,22-,23-/m0/s1. The van der Waals surface area contributed by atoms with Gasteiger partial charge >= 0.3 is 6.09 Å². The van der Waals surface area contributed by atoms with Crippen LogP contribution in [-0.4, -0.2) is 58.1 Å². The number of aromatic nitrogens is 2. The number of likely N-dealkylation sites (tertiary alicyclic amines) is 1. The van der Waals surface area contributed by atoms with Gasteiger partial charge in [-0.1, -0.05) is 39.2 Å². The maximum absolute atomic E-state index is 13.4. The number of hydrogen-bond donors (Lipinski definition) is 2. The second-order valence-corrected chi connectivity index (χ2v) is 11.1. The molecule has 4 rings (SSSR count). The van der Waals surface area contributed by atoms with E-state index < -0.39 is 12.1 Å². The lowest BCUT2D eigenvalue weighted by atomic mass is 9.94. The summed E-state index contributed by atoms with van der Waals surface area (Å²) >= 11 is 2.08. The minimum Gasteiger partial charge on any atom is -0.453 e. The number of benzene rings is 1. The molecule has 3 atom stereocenters. The molecule has 0 bridgehead atoms. The molecule has 34 heavy (non-hydrogen) atoms. The molecule has 0 radical (unpaired) electrons. The van der Waals surface area contributed by atoms with E-state index in [9.17, 15) is 9.59 Å². The lowest BCUT2D eigenvalue weighted by Crippen LogP contribution is -2.51. The van der Waals surface area contributed by atoms with Crippen LogP contribution in [0.1, 0.15) is 82.1 Å². The molecule has 7 nitrogen and oxygen atoms in total. The fourth-order valence-electron chi connectivity index (χ4n) is 5.17. The first-order valence-electron chi connectivity index (χ1n) is 12.7. The number of carbonyl (C=O) groups is 2. The fourth-order valence-corrected chi connectivity index (χ4v) is 6.39. The van der Waals surface area contributed by atoms with E-state index >= 15 is 0 Å². The molecule has 2 aromatic rings. The van der Waals surface area contributed by atoms with E-state index in [2.05, 4.69) is 40.3 Å². The Bertz CT molecular complexity index is 982. The number of thioether (sulfide) groups is 1. The molecule has 186 valence electrons. The quantitative estimate of drug-likeness (QED) is 0.592. The predicted molar refractivity (Wildman–Crippen MR) is 137 cm³/mol. The summed E-state index contributed by atoms with van der Waals surface area (Å²) in [4.78, 5) is 35.5. The second kappa shape index (κ2) is 11.5. The number of H-pyrrole nitrogens is 1. The van der Waals surface area contributed by atoms with Crippen molar-refractivity contribution in [1.29, 1.82) is 0 Å². The number of carbonyl (C=O) groups excluding carboxylic acids is 2. The molecule has 0 saturated carbocycles. The van der Waals surface area contributed by atoms with Gasteiger partial charge in [-0.3, -0.25) is 4.79 Å². The van der Waals surface area contributed by atoms with E-state index in [1.165, 1.54) is 56.3 Å². The van der Waals surface area contributed by atoms with Gasteiger partial charge in [0.05, 0.1) is 24.2 Å². The summed E-state index contributed by atoms with van der Waals surface area (Å²) in [5.41, 5.74) is 3.38. The van der Waals surface area contributed by atoms with Gasteiger partial charge in [0.2, 0.25) is 5.91 Å². The first-order valence-corrected chi connectivity index (χ1v) is 13.9. The molecule has 2 fully saturated rings. The zero-order valence-electron chi connectivity index (χ0n) is 20.6. The third kappa shape index (κ3) is 5.70. The van der Waals surface area contributed by atoms with Gasteiger partial charge < -0.3 is 19.9 Å². The molecule has 2 saturated heterocycles. The summed E-state index contributed by atoms with van der Waals surface area (Å²) in [5, 5.41) is 2.71. The van der Waals surface area contributed by atoms with Crippen LogP contribution < -0.4 is 5.32 Å². The van der Waals surface area contributed by atoms with Crippen LogP contribution in [0.15, 0.2) is 18.2 Å². The SMILES string of the molecule is COC(=O)N[C@H](C(=O)N1CCC[C@H]1c1nc2ccc(C3CCCCCCSC3)cc2[nH]1)C(C)C. The Morgan fingerprint density at radius 3 is 2.79 bits per heavy atom. The van der Waals surface area contributed by atoms with Crippen LogP contribution in [-0.2, 0) is 9.53 Å².